The second kappa shape index (κ2) is 3.07. The fourth-order valence-corrected chi connectivity index (χ4v) is 0.945. The van der Waals surface area contributed by atoms with Crippen LogP contribution in [0.1, 0.15) is 32.6 Å². The number of rotatable bonds is 4. The molecule has 0 aliphatic heterocycles. The molecule has 56 valence electrons. The van der Waals surface area contributed by atoms with Crippen LogP contribution in [-0.4, -0.2) is 12.1 Å². The van der Waals surface area contributed by atoms with E-state index in [1.165, 1.54) is 12.8 Å². The van der Waals surface area contributed by atoms with Crippen LogP contribution in [0.5, 0.6) is 0 Å². The molecule has 1 aliphatic carbocycles. The summed E-state index contributed by atoms with van der Waals surface area (Å²) in [6.07, 6.45) is 9.81. The van der Waals surface area contributed by atoms with Crippen molar-refractivity contribution in [2.45, 2.75) is 38.1 Å². The molecule has 1 nitrogen and oxygen atoms in total. The lowest BCUT2D eigenvalue weighted by molar-refractivity contribution is 0.530. The topological polar surface area (TPSA) is 12.0 Å². The van der Waals surface area contributed by atoms with Crippen molar-refractivity contribution in [3.05, 3.63) is 0 Å². The van der Waals surface area contributed by atoms with Crippen LogP contribution in [0, 0.1) is 12.3 Å². The first kappa shape index (κ1) is 7.63. The second-order valence-electron chi connectivity index (χ2n) is 3.30. The van der Waals surface area contributed by atoms with Gasteiger partial charge in [-0.3, -0.25) is 0 Å². The molecular formula is C9H15N. The van der Waals surface area contributed by atoms with Gasteiger partial charge in [-0.25, -0.2) is 0 Å². The lowest BCUT2D eigenvalue weighted by atomic mass is 10.3. The first-order valence-corrected chi connectivity index (χ1v) is 3.95. The molecule has 0 aromatic rings. The Bertz CT molecular complexity index is 139. The number of hydrogen-bond donors (Lipinski definition) is 1. The Morgan fingerprint density at radius 1 is 1.60 bits per heavy atom. The van der Waals surface area contributed by atoms with Gasteiger partial charge in [0.15, 0.2) is 0 Å². The van der Waals surface area contributed by atoms with E-state index < -0.39 is 0 Å². The highest BCUT2D eigenvalue weighted by molar-refractivity contribution is 4.97. The fraction of sp³-hybridized carbons (Fsp3) is 0.778. The zero-order valence-corrected chi connectivity index (χ0v) is 6.61. The third kappa shape index (κ3) is 2.41. The van der Waals surface area contributed by atoms with Crippen molar-refractivity contribution in [1.82, 2.24) is 5.32 Å². The van der Waals surface area contributed by atoms with E-state index in [4.69, 9.17) is 6.42 Å². The zero-order chi connectivity index (χ0) is 7.45. The van der Waals surface area contributed by atoms with Gasteiger partial charge in [-0.05, 0) is 32.7 Å². The van der Waals surface area contributed by atoms with E-state index in [0.717, 1.165) is 19.4 Å². The lowest BCUT2D eigenvalue weighted by Gasteiger charge is -2.08. The molecule has 0 aromatic heterocycles. The monoisotopic (exact) mass is 137 g/mol. The first-order valence-electron chi connectivity index (χ1n) is 3.95. The predicted octanol–water partition coefficient (Wildman–Crippen LogP) is 1.54. The van der Waals surface area contributed by atoms with Crippen molar-refractivity contribution < 1.29 is 0 Å². The van der Waals surface area contributed by atoms with Crippen LogP contribution >= 0.6 is 0 Å². The number of nitrogens with one attached hydrogen (secondary N) is 1. The zero-order valence-electron chi connectivity index (χ0n) is 6.61. The molecule has 0 radical (unpaired) electrons. The van der Waals surface area contributed by atoms with Gasteiger partial charge < -0.3 is 5.32 Å². The Morgan fingerprint density at radius 3 is 2.80 bits per heavy atom. The molecule has 0 heterocycles. The maximum absolute atomic E-state index is 5.12. The van der Waals surface area contributed by atoms with E-state index in [2.05, 4.69) is 18.2 Å². The minimum atomic E-state index is 0.481. The van der Waals surface area contributed by atoms with Crippen molar-refractivity contribution in [1.29, 1.82) is 0 Å². The normalized spacial score (nSPS) is 20.0. The Labute approximate surface area is 63.2 Å². The van der Waals surface area contributed by atoms with Crippen molar-refractivity contribution in [3.8, 4) is 12.3 Å². The highest BCUT2D eigenvalue weighted by atomic mass is 15.0. The van der Waals surface area contributed by atoms with Gasteiger partial charge in [-0.1, -0.05) is 0 Å². The van der Waals surface area contributed by atoms with Crippen LogP contribution in [0.15, 0.2) is 0 Å². The smallest absolute Gasteiger partial charge is 0.0154 e. The molecule has 1 aliphatic rings. The maximum Gasteiger partial charge on any atom is 0.0154 e. The second-order valence-corrected chi connectivity index (χ2v) is 3.30. The van der Waals surface area contributed by atoms with E-state index in [1.54, 1.807) is 0 Å². The molecule has 1 heteroatoms. The van der Waals surface area contributed by atoms with E-state index in [9.17, 15) is 0 Å². The molecule has 1 fully saturated rings. The minimum Gasteiger partial charge on any atom is -0.311 e. The van der Waals surface area contributed by atoms with Crippen LogP contribution in [0.25, 0.3) is 0 Å². The van der Waals surface area contributed by atoms with Crippen molar-refractivity contribution in [2.75, 3.05) is 6.54 Å². The summed E-state index contributed by atoms with van der Waals surface area (Å²) in [5.74, 6) is 2.63. The van der Waals surface area contributed by atoms with Gasteiger partial charge >= 0.3 is 0 Å². The maximum atomic E-state index is 5.12. The van der Waals surface area contributed by atoms with Gasteiger partial charge in [-0.2, -0.15) is 0 Å². The Balaban J connectivity index is 1.92. The first-order chi connectivity index (χ1) is 4.77. The largest absolute Gasteiger partial charge is 0.311 e. The lowest BCUT2D eigenvalue weighted by Crippen LogP contribution is -2.28. The van der Waals surface area contributed by atoms with Crippen LogP contribution in [-0.2, 0) is 0 Å². The van der Waals surface area contributed by atoms with Gasteiger partial charge in [-0.15, -0.1) is 12.3 Å². The summed E-state index contributed by atoms with van der Waals surface area (Å²) in [5.41, 5.74) is 0.481. The molecule has 0 spiro atoms. The third-order valence-corrected chi connectivity index (χ3v) is 2.05. The van der Waals surface area contributed by atoms with Gasteiger partial charge in [0, 0.05) is 12.0 Å². The predicted molar refractivity (Wildman–Crippen MR) is 43.7 cm³/mol. The Morgan fingerprint density at radius 2 is 2.30 bits per heavy atom. The molecule has 1 rings (SSSR count). The molecule has 0 unspecified atom stereocenters. The standard InChI is InChI=1S/C9H15N/c1-3-4-5-8-10-9(2)6-7-9/h1,10H,4-8H2,2H3. The summed E-state index contributed by atoms with van der Waals surface area (Å²) in [5, 5.41) is 3.47. The van der Waals surface area contributed by atoms with Crippen molar-refractivity contribution >= 4 is 0 Å². The number of unbranched alkanes of at least 4 members (excludes halogenated alkanes) is 1. The van der Waals surface area contributed by atoms with Crippen LogP contribution < -0.4 is 5.32 Å². The average Bonchev–Trinajstić information content (AvgIpc) is 2.62. The molecule has 10 heavy (non-hydrogen) atoms. The Hall–Kier alpha value is -0.480. The highest BCUT2D eigenvalue weighted by Crippen LogP contribution is 2.33. The van der Waals surface area contributed by atoms with Crippen molar-refractivity contribution in [2.24, 2.45) is 0 Å². The molecule has 0 saturated heterocycles. The van der Waals surface area contributed by atoms with Gasteiger partial charge in [0.05, 0.1) is 0 Å². The van der Waals surface area contributed by atoms with E-state index in [0.29, 0.717) is 5.54 Å². The average molecular weight is 137 g/mol. The molecule has 0 bridgehead atoms. The van der Waals surface area contributed by atoms with Crippen molar-refractivity contribution in [3.63, 3.8) is 0 Å². The quantitative estimate of drug-likeness (QED) is 0.458. The molecule has 0 aromatic carbocycles. The molecule has 0 atom stereocenters. The summed E-state index contributed by atoms with van der Waals surface area (Å²) in [4.78, 5) is 0. The third-order valence-electron chi connectivity index (χ3n) is 2.05. The van der Waals surface area contributed by atoms with Gasteiger partial charge in [0.1, 0.15) is 0 Å². The number of terminal acetylenes is 1. The van der Waals surface area contributed by atoms with E-state index in [1.807, 2.05) is 0 Å². The summed E-state index contributed by atoms with van der Waals surface area (Å²) in [6, 6.07) is 0. The summed E-state index contributed by atoms with van der Waals surface area (Å²) in [7, 11) is 0. The molecule has 0 amide bonds. The Kier molecular flexibility index (Phi) is 2.34. The van der Waals surface area contributed by atoms with Gasteiger partial charge in [0.2, 0.25) is 0 Å². The van der Waals surface area contributed by atoms with E-state index in [-0.39, 0.29) is 0 Å². The summed E-state index contributed by atoms with van der Waals surface area (Å²) in [6.45, 7) is 3.35. The van der Waals surface area contributed by atoms with Crippen LogP contribution in [0.4, 0.5) is 0 Å². The van der Waals surface area contributed by atoms with E-state index >= 15 is 0 Å². The van der Waals surface area contributed by atoms with Crippen LogP contribution in [0.2, 0.25) is 0 Å². The minimum absolute atomic E-state index is 0.481. The van der Waals surface area contributed by atoms with Gasteiger partial charge in [0.25, 0.3) is 0 Å². The van der Waals surface area contributed by atoms with Crippen LogP contribution in [0.3, 0.4) is 0 Å². The molecular weight excluding hydrogens is 122 g/mol. The SMILES string of the molecule is C#CCCCNC1(C)CC1. The highest BCUT2D eigenvalue weighted by Gasteiger charge is 2.35. The fourth-order valence-electron chi connectivity index (χ4n) is 0.945. The molecule has 1 saturated carbocycles. The molecule has 1 N–H and O–H groups in total. The number of hydrogen-bond acceptors (Lipinski definition) is 1. The summed E-state index contributed by atoms with van der Waals surface area (Å²) < 4.78 is 0. The summed E-state index contributed by atoms with van der Waals surface area (Å²) >= 11 is 0.